The minimum absolute atomic E-state index is 0.0327. The van der Waals surface area contributed by atoms with Gasteiger partial charge in [-0.1, -0.05) is 6.07 Å². The van der Waals surface area contributed by atoms with E-state index < -0.39 is 0 Å². The Morgan fingerprint density at radius 1 is 0.966 bits per heavy atom. The summed E-state index contributed by atoms with van der Waals surface area (Å²) in [7, 11) is 4.00. The Balaban J connectivity index is 1.58. The van der Waals surface area contributed by atoms with Crippen LogP contribution in [0.3, 0.4) is 0 Å². The molecule has 0 unspecified atom stereocenters. The van der Waals surface area contributed by atoms with E-state index in [1.807, 2.05) is 48.8 Å². The summed E-state index contributed by atoms with van der Waals surface area (Å²) in [5.41, 5.74) is 4.79. The molecule has 6 nitrogen and oxygen atoms in total. The van der Waals surface area contributed by atoms with E-state index in [1.54, 1.807) is 4.57 Å². The molecule has 5 rings (SSSR count). The first-order chi connectivity index (χ1) is 14.0. The van der Waals surface area contributed by atoms with Crippen LogP contribution in [0.15, 0.2) is 47.5 Å². The van der Waals surface area contributed by atoms with Crippen LogP contribution < -0.4 is 5.56 Å². The number of likely N-dealkylation sites (tertiary alicyclic amines) is 1. The van der Waals surface area contributed by atoms with E-state index in [2.05, 4.69) is 29.2 Å². The zero-order chi connectivity index (χ0) is 20.1. The molecule has 0 saturated carbocycles. The Labute approximate surface area is 169 Å². The highest BCUT2D eigenvalue weighted by molar-refractivity contribution is 5.84. The van der Waals surface area contributed by atoms with Crippen molar-refractivity contribution in [1.82, 2.24) is 23.8 Å². The van der Waals surface area contributed by atoms with E-state index in [1.165, 1.54) is 0 Å². The van der Waals surface area contributed by atoms with Crippen molar-refractivity contribution in [3.05, 3.63) is 64.6 Å². The standard InChI is InChI=1S/C23H25N5O/c1-15-13-28-14-18(5-7-21(28)24-15)17-4-6-20-19(12-17)23(29)27(3)22(25-20)16-8-10-26(2)11-9-16/h4-7,12-14,16H,8-11H2,1-3H3. The number of rotatable bonds is 2. The van der Waals surface area contributed by atoms with E-state index >= 15 is 0 Å². The summed E-state index contributed by atoms with van der Waals surface area (Å²) in [5, 5.41) is 0.670. The molecule has 0 N–H and O–H groups in total. The number of pyridine rings is 1. The number of fused-ring (bicyclic) bond motifs is 2. The third kappa shape index (κ3) is 3.13. The Morgan fingerprint density at radius 3 is 2.52 bits per heavy atom. The maximum absolute atomic E-state index is 13.2. The van der Waals surface area contributed by atoms with Gasteiger partial charge in [-0.05, 0) is 75.3 Å². The first kappa shape index (κ1) is 18.1. The summed E-state index contributed by atoms with van der Waals surface area (Å²) in [5.74, 6) is 1.26. The first-order valence-corrected chi connectivity index (χ1v) is 10.1. The molecule has 148 valence electrons. The summed E-state index contributed by atoms with van der Waals surface area (Å²) < 4.78 is 3.78. The average Bonchev–Trinajstić information content (AvgIpc) is 3.10. The van der Waals surface area contributed by atoms with Crippen LogP contribution >= 0.6 is 0 Å². The van der Waals surface area contributed by atoms with E-state index in [0.717, 1.165) is 59.7 Å². The number of benzene rings is 1. The third-order valence-corrected chi connectivity index (χ3v) is 6.10. The molecule has 0 aliphatic carbocycles. The molecule has 0 spiro atoms. The Morgan fingerprint density at radius 2 is 1.72 bits per heavy atom. The highest BCUT2D eigenvalue weighted by Gasteiger charge is 2.23. The third-order valence-electron chi connectivity index (χ3n) is 6.10. The van der Waals surface area contributed by atoms with Gasteiger partial charge in [-0.3, -0.25) is 9.36 Å². The highest BCUT2D eigenvalue weighted by Crippen LogP contribution is 2.28. The zero-order valence-electron chi connectivity index (χ0n) is 17.1. The first-order valence-electron chi connectivity index (χ1n) is 10.1. The van der Waals surface area contributed by atoms with Gasteiger partial charge in [0.25, 0.3) is 5.56 Å². The van der Waals surface area contributed by atoms with Gasteiger partial charge in [0.2, 0.25) is 0 Å². The van der Waals surface area contributed by atoms with Crippen LogP contribution in [-0.4, -0.2) is 44.0 Å². The van der Waals surface area contributed by atoms with Crippen LogP contribution in [0.2, 0.25) is 0 Å². The quantitative estimate of drug-likeness (QED) is 0.529. The van der Waals surface area contributed by atoms with E-state index in [-0.39, 0.29) is 5.56 Å². The number of hydrogen-bond acceptors (Lipinski definition) is 4. The molecule has 0 amide bonds. The van der Waals surface area contributed by atoms with Gasteiger partial charge in [-0.15, -0.1) is 0 Å². The molecule has 1 aliphatic heterocycles. The van der Waals surface area contributed by atoms with Gasteiger partial charge in [-0.25, -0.2) is 9.97 Å². The summed E-state index contributed by atoms with van der Waals surface area (Å²) >= 11 is 0. The maximum atomic E-state index is 13.2. The second-order valence-electron chi connectivity index (χ2n) is 8.21. The number of hydrogen-bond donors (Lipinski definition) is 0. The van der Waals surface area contributed by atoms with E-state index in [4.69, 9.17) is 4.98 Å². The number of imidazole rings is 1. The van der Waals surface area contributed by atoms with Crippen LogP contribution in [-0.2, 0) is 7.05 Å². The highest BCUT2D eigenvalue weighted by atomic mass is 16.1. The Bertz CT molecular complexity index is 1280. The molecule has 4 heterocycles. The Kier molecular flexibility index (Phi) is 4.24. The lowest BCUT2D eigenvalue weighted by Gasteiger charge is -2.29. The Hall–Kier alpha value is -2.99. The lowest BCUT2D eigenvalue weighted by atomic mass is 9.95. The van der Waals surface area contributed by atoms with Crippen molar-refractivity contribution in [3.63, 3.8) is 0 Å². The van der Waals surface area contributed by atoms with Gasteiger partial charge in [0.15, 0.2) is 0 Å². The van der Waals surface area contributed by atoms with Gasteiger partial charge in [0.05, 0.1) is 16.6 Å². The topological polar surface area (TPSA) is 55.4 Å². The molecule has 0 atom stereocenters. The van der Waals surface area contributed by atoms with Crippen molar-refractivity contribution < 1.29 is 0 Å². The van der Waals surface area contributed by atoms with Gasteiger partial charge < -0.3 is 9.30 Å². The van der Waals surface area contributed by atoms with Crippen molar-refractivity contribution >= 4 is 16.6 Å². The normalized spacial score (nSPS) is 16.1. The molecule has 6 heteroatoms. The monoisotopic (exact) mass is 387 g/mol. The molecule has 29 heavy (non-hydrogen) atoms. The van der Waals surface area contributed by atoms with Crippen LogP contribution in [0, 0.1) is 6.92 Å². The van der Waals surface area contributed by atoms with Crippen LogP contribution in [0.4, 0.5) is 0 Å². The maximum Gasteiger partial charge on any atom is 0.261 e. The fraction of sp³-hybridized carbons (Fsp3) is 0.348. The smallest absolute Gasteiger partial charge is 0.261 e. The SMILES string of the molecule is Cc1cn2cc(-c3ccc4nc(C5CCN(C)CC5)n(C)c(=O)c4c3)ccc2n1. The molecule has 1 aliphatic rings. The van der Waals surface area contributed by atoms with Crippen molar-refractivity contribution in [3.8, 4) is 11.1 Å². The van der Waals surface area contributed by atoms with Crippen LogP contribution in [0.1, 0.15) is 30.3 Å². The summed E-state index contributed by atoms with van der Waals surface area (Å²) in [6.07, 6.45) is 6.16. The molecule has 0 radical (unpaired) electrons. The number of piperidine rings is 1. The van der Waals surface area contributed by atoms with Crippen molar-refractivity contribution in [1.29, 1.82) is 0 Å². The van der Waals surface area contributed by atoms with Crippen molar-refractivity contribution in [2.75, 3.05) is 20.1 Å². The molecule has 1 saturated heterocycles. The fourth-order valence-corrected chi connectivity index (χ4v) is 4.39. The van der Waals surface area contributed by atoms with Gasteiger partial charge in [0.1, 0.15) is 11.5 Å². The predicted molar refractivity (Wildman–Crippen MR) is 115 cm³/mol. The molecule has 1 fully saturated rings. The largest absolute Gasteiger partial charge is 0.306 e. The van der Waals surface area contributed by atoms with Crippen LogP contribution in [0.25, 0.3) is 27.7 Å². The minimum Gasteiger partial charge on any atom is -0.306 e. The van der Waals surface area contributed by atoms with Crippen molar-refractivity contribution in [2.24, 2.45) is 7.05 Å². The molecule has 1 aromatic carbocycles. The second-order valence-corrected chi connectivity index (χ2v) is 8.21. The minimum atomic E-state index is 0.0327. The molecule has 0 bridgehead atoms. The molecule has 4 aromatic rings. The summed E-state index contributed by atoms with van der Waals surface area (Å²) in [6, 6.07) is 10.1. The van der Waals surface area contributed by atoms with E-state index in [0.29, 0.717) is 11.3 Å². The lowest BCUT2D eigenvalue weighted by Crippen LogP contribution is -2.32. The number of aryl methyl sites for hydroxylation is 1. The number of aromatic nitrogens is 4. The van der Waals surface area contributed by atoms with Gasteiger partial charge in [0, 0.05) is 25.4 Å². The zero-order valence-corrected chi connectivity index (χ0v) is 17.1. The second kappa shape index (κ2) is 6.81. The summed E-state index contributed by atoms with van der Waals surface area (Å²) in [4.78, 5) is 24.9. The van der Waals surface area contributed by atoms with Gasteiger partial charge >= 0.3 is 0 Å². The fourth-order valence-electron chi connectivity index (χ4n) is 4.39. The number of nitrogens with zero attached hydrogens (tertiary/aromatic N) is 5. The predicted octanol–water partition coefficient (Wildman–Crippen LogP) is 3.37. The molecular formula is C23H25N5O. The molecular weight excluding hydrogens is 362 g/mol. The van der Waals surface area contributed by atoms with E-state index in [9.17, 15) is 4.79 Å². The van der Waals surface area contributed by atoms with Crippen molar-refractivity contribution in [2.45, 2.75) is 25.7 Å². The summed E-state index contributed by atoms with van der Waals surface area (Å²) in [6.45, 7) is 4.08. The molecule has 3 aromatic heterocycles. The van der Waals surface area contributed by atoms with Gasteiger partial charge in [-0.2, -0.15) is 0 Å². The lowest BCUT2D eigenvalue weighted by molar-refractivity contribution is 0.248. The van der Waals surface area contributed by atoms with Crippen LogP contribution in [0.5, 0.6) is 0 Å². The average molecular weight is 387 g/mol.